The summed E-state index contributed by atoms with van der Waals surface area (Å²) in [5.74, 6) is -0.698. The van der Waals surface area contributed by atoms with Gasteiger partial charge in [-0.15, -0.1) is 11.3 Å². The smallest absolute Gasteiger partial charge is 0.355 e. The van der Waals surface area contributed by atoms with Crippen molar-refractivity contribution >= 4 is 23.2 Å². The van der Waals surface area contributed by atoms with E-state index < -0.39 is 12.0 Å². The van der Waals surface area contributed by atoms with Crippen molar-refractivity contribution in [2.24, 2.45) is 17.6 Å². The minimum atomic E-state index is -1.01. The van der Waals surface area contributed by atoms with Gasteiger partial charge in [-0.2, -0.15) is 0 Å². The van der Waals surface area contributed by atoms with E-state index in [1.54, 1.807) is 5.38 Å². The highest BCUT2D eigenvalue weighted by atomic mass is 32.1. The molecule has 0 spiro atoms. The molecule has 0 aliphatic carbocycles. The van der Waals surface area contributed by atoms with Crippen molar-refractivity contribution in [3.63, 3.8) is 0 Å². The number of nitrogens with two attached hydrogens (primary N) is 1. The van der Waals surface area contributed by atoms with Gasteiger partial charge in [0.2, 0.25) is 5.91 Å². The minimum absolute atomic E-state index is 0.0144. The predicted molar refractivity (Wildman–Crippen MR) is 96.3 cm³/mol. The number of hydrogen-bond donors (Lipinski definition) is 3. The lowest BCUT2D eigenvalue weighted by Crippen LogP contribution is -2.49. The third-order valence-corrected chi connectivity index (χ3v) is 5.53. The Morgan fingerprint density at radius 3 is 2.42 bits per heavy atom. The molecule has 0 aromatic carbocycles. The first-order valence-corrected chi connectivity index (χ1v) is 9.29. The number of carboxylic acids is 1. The highest BCUT2D eigenvalue weighted by Crippen LogP contribution is 2.27. The van der Waals surface area contributed by atoms with Crippen molar-refractivity contribution in [3.8, 4) is 0 Å². The van der Waals surface area contributed by atoms with E-state index >= 15 is 0 Å². The van der Waals surface area contributed by atoms with Crippen LogP contribution in [0, 0.1) is 11.8 Å². The molecule has 0 radical (unpaired) electrons. The van der Waals surface area contributed by atoms with Gasteiger partial charge in [-0.3, -0.25) is 4.79 Å². The van der Waals surface area contributed by atoms with Crippen molar-refractivity contribution < 1.29 is 14.7 Å². The molecule has 1 unspecified atom stereocenters. The van der Waals surface area contributed by atoms with Gasteiger partial charge in [-0.05, 0) is 18.3 Å². The van der Waals surface area contributed by atoms with Gasteiger partial charge in [0, 0.05) is 17.3 Å². The normalized spacial score (nSPS) is 16.5. The van der Waals surface area contributed by atoms with E-state index in [2.05, 4.69) is 24.1 Å². The second-order valence-electron chi connectivity index (χ2n) is 6.78. The second kappa shape index (κ2) is 9.13. The zero-order valence-electron chi connectivity index (χ0n) is 15.1. The number of nitrogens with one attached hydrogen (secondary N) is 1. The quantitative estimate of drug-likeness (QED) is 0.631. The molecule has 0 saturated heterocycles. The van der Waals surface area contributed by atoms with Gasteiger partial charge >= 0.3 is 5.97 Å². The van der Waals surface area contributed by atoms with Crippen molar-refractivity contribution in [3.05, 3.63) is 16.1 Å². The number of carboxylic acid groups (broad SMARTS) is 1. The van der Waals surface area contributed by atoms with Crippen molar-refractivity contribution in [1.82, 2.24) is 10.3 Å². The van der Waals surface area contributed by atoms with E-state index in [0.29, 0.717) is 12.3 Å². The van der Waals surface area contributed by atoms with E-state index in [4.69, 9.17) is 10.8 Å². The Labute approximate surface area is 147 Å². The zero-order chi connectivity index (χ0) is 18.4. The molecular formula is C17H29N3O3S. The maximum Gasteiger partial charge on any atom is 0.355 e. The molecule has 0 bridgehead atoms. The molecule has 4 atom stereocenters. The molecule has 0 fully saturated rings. The van der Waals surface area contributed by atoms with Gasteiger partial charge in [0.25, 0.3) is 0 Å². The Balaban J connectivity index is 2.81. The molecule has 1 rings (SSSR count). The lowest BCUT2D eigenvalue weighted by atomic mass is 9.90. The van der Waals surface area contributed by atoms with Crippen LogP contribution in [0.1, 0.15) is 68.9 Å². The molecule has 1 aromatic rings. The number of rotatable bonds is 9. The van der Waals surface area contributed by atoms with Crippen LogP contribution in [0.3, 0.4) is 0 Å². The lowest BCUT2D eigenvalue weighted by molar-refractivity contribution is -0.124. The number of carbonyl (C=O) groups excluding carboxylic acids is 1. The molecule has 6 nitrogen and oxygen atoms in total. The molecule has 1 amide bonds. The topological polar surface area (TPSA) is 105 Å². The van der Waals surface area contributed by atoms with E-state index in [1.807, 2.05) is 20.8 Å². The van der Waals surface area contributed by atoms with Crippen LogP contribution in [0.5, 0.6) is 0 Å². The first kappa shape index (κ1) is 20.6. The highest BCUT2D eigenvalue weighted by molar-refractivity contribution is 7.09. The molecular weight excluding hydrogens is 326 g/mol. The monoisotopic (exact) mass is 355 g/mol. The summed E-state index contributed by atoms with van der Waals surface area (Å²) >= 11 is 1.35. The summed E-state index contributed by atoms with van der Waals surface area (Å²) < 4.78 is 0. The second-order valence-corrected chi connectivity index (χ2v) is 7.67. The molecule has 1 heterocycles. The van der Waals surface area contributed by atoms with E-state index in [1.165, 1.54) is 11.3 Å². The van der Waals surface area contributed by atoms with Crippen LogP contribution >= 0.6 is 11.3 Å². The van der Waals surface area contributed by atoms with E-state index in [9.17, 15) is 9.59 Å². The van der Waals surface area contributed by atoms with Crippen molar-refractivity contribution in [2.45, 2.75) is 65.5 Å². The fourth-order valence-electron chi connectivity index (χ4n) is 2.39. The van der Waals surface area contributed by atoms with Gasteiger partial charge in [-0.25, -0.2) is 9.78 Å². The number of aromatic nitrogens is 1. The number of hydrogen-bond acceptors (Lipinski definition) is 5. The van der Waals surface area contributed by atoms with Crippen LogP contribution in [0.2, 0.25) is 0 Å². The van der Waals surface area contributed by atoms with Crippen molar-refractivity contribution in [1.29, 1.82) is 0 Å². The Morgan fingerprint density at radius 1 is 1.33 bits per heavy atom. The lowest BCUT2D eigenvalue weighted by Gasteiger charge is -2.28. The highest BCUT2D eigenvalue weighted by Gasteiger charge is 2.26. The van der Waals surface area contributed by atoms with Crippen LogP contribution in [-0.4, -0.2) is 34.1 Å². The Morgan fingerprint density at radius 2 is 1.96 bits per heavy atom. The minimum Gasteiger partial charge on any atom is -0.476 e. The van der Waals surface area contributed by atoms with Crippen LogP contribution in [0.15, 0.2) is 5.38 Å². The zero-order valence-corrected chi connectivity index (χ0v) is 15.9. The summed E-state index contributed by atoms with van der Waals surface area (Å²) in [6, 6.07) is -0.537. The number of aromatic carboxylic acids is 1. The van der Waals surface area contributed by atoms with Crippen LogP contribution < -0.4 is 11.1 Å². The van der Waals surface area contributed by atoms with Gasteiger partial charge < -0.3 is 16.2 Å². The molecule has 7 heteroatoms. The van der Waals surface area contributed by atoms with E-state index in [0.717, 1.165) is 11.4 Å². The number of nitrogens with zero attached hydrogens (tertiary/aromatic N) is 1. The summed E-state index contributed by atoms with van der Waals surface area (Å²) in [6.07, 6.45) is 1.64. The molecule has 0 saturated carbocycles. The Kier molecular flexibility index (Phi) is 7.83. The van der Waals surface area contributed by atoms with Gasteiger partial charge in [0.05, 0.1) is 11.0 Å². The maximum absolute atomic E-state index is 12.3. The number of amides is 1. The molecule has 4 N–H and O–H groups in total. The largest absolute Gasteiger partial charge is 0.476 e. The average Bonchev–Trinajstić information content (AvgIpc) is 3.02. The average molecular weight is 356 g/mol. The van der Waals surface area contributed by atoms with E-state index in [-0.39, 0.29) is 29.5 Å². The summed E-state index contributed by atoms with van der Waals surface area (Å²) in [4.78, 5) is 27.4. The molecule has 0 aliphatic heterocycles. The fraction of sp³-hybridized carbons (Fsp3) is 0.706. The predicted octanol–water partition coefficient (Wildman–Crippen LogP) is 2.85. The van der Waals surface area contributed by atoms with Crippen molar-refractivity contribution in [2.75, 3.05) is 0 Å². The molecule has 1 aromatic heterocycles. The summed E-state index contributed by atoms with van der Waals surface area (Å²) in [6.45, 7) is 10.0. The molecule has 136 valence electrons. The third-order valence-electron chi connectivity index (χ3n) is 4.45. The SMILES string of the molecule is CCC(C)[C@@H](C[C@@H](C)c1nc(C(=O)O)cs1)NC(=O)[C@@H](N)C(C)C. The summed E-state index contributed by atoms with van der Waals surface area (Å²) in [7, 11) is 0. The molecule has 24 heavy (non-hydrogen) atoms. The Hall–Kier alpha value is -1.47. The Bertz CT molecular complexity index is 559. The van der Waals surface area contributed by atoms with Gasteiger partial charge in [0.1, 0.15) is 0 Å². The number of thiazole rings is 1. The first-order valence-electron chi connectivity index (χ1n) is 8.41. The standard InChI is InChI=1S/C17H29N3O3S/c1-6-10(4)12(19-15(21)14(18)9(2)3)7-11(5)16-20-13(8-24-16)17(22)23/h8-12,14H,6-7,18H2,1-5H3,(H,19,21)(H,22,23)/t10?,11-,12-,14+/m1/s1. The van der Waals surface area contributed by atoms with Crippen LogP contribution in [0.4, 0.5) is 0 Å². The molecule has 0 aliphatic rings. The summed E-state index contributed by atoms with van der Waals surface area (Å²) in [5, 5.41) is 14.4. The van der Waals surface area contributed by atoms with Gasteiger partial charge in [0.15, 0.2) is 5.69 Å². The van der Waals surface area contributed by atoms with Crippen LogP contribution in [-0.2, 0) is 4.79 Å². The fourth-order valence-corrected chi connectivity index (χ4v) is 3.26. The van der Waals surface area contributed by atoms with Crippen LogP contribution in [0.25, 0.3) is 0 Å². The summed E-state index contributed by atoms with van der Waals surface area (Å²) in [5.41, 5.74) is 6.02. The van der Waals surface area contributed by atoms with Gasteiger partial charge in [-0.1, -0.05) is 41.0 Å². The number of carbonyl (C=O) groups is 2. The maximum atomic E-state index is 12.3. The third kappa shape index (κ3) is 5.56. The first-order chi connectivity index (χ1) is 11.2.